The normalized spacial score (nSPS) is 14.2. The third-order valence-corrected chi connectivity index (χ3v) is 7.00. The molecule has 0 aliphatic heterocycles. The highest BCUT2D eigenvalue weighted by molar-refractivity contribution is 9.14. The molecule has 0 aromatic heterocycles. The summed E-state index contributed by atoms with van der Waals surface area (Å²) in [4.78, 5) is 22.7. The van der Waals surface area contributed by atoms with Crippen molar-refractivity contribution in [2.24, 2.45) is 0 Å². The molecule has 0 aromatic carbocycles. The van der Waals surface area contributed by atoms with Gasteiger partial charge < -0.3 is 15.5 Å². The summed E-state index contributed by atoms with van der Waals surface area (Å²) >= 11 is 5.99. The highest BCUT2D eigenvalue weighted by Gasteiger charge is 2.22. The molecule has 0 radical (unpaired) electrons. The Morgan fingerprint density at radius 1 is 0.897 bits per heavy atom. The molecule has 29 heavy (non-hydrogen) atoms. The van der Waals surface area contributed by atoms with E-state index < -0.39 is 18.1 Å². The molecule has 1 amide bonds. The lowest BCUT2D eigenvalue weighted by Gasteiger charge is -2.22. The first-order valence-electron chi connectivity index (χ1n) is 11.1. The van der Waals surface area contributed by atoms with Crippen LogP contribution in [-0.2, 0) is 9.59 Å². The van der Waals surface area contributed by atoms with Gasteiger partial charge in [0.15, 0.2) is 6.29 Å². The first-order chi connectivity index (χ1) is 14.0. The zero-order valence-corrected chi connectivity index (χ0v) is 21.0. The number of carbonyl (C=O) groups excluding carboxylic acids is 2. The van der Waals surface area contributed by atoms with Crippen LogP contribution < -0.4 is 5.32 Å². The molecule has 170 valence electrons. The number of aliphatic hydroxyl groups is 2. The van der Waals surface area contributed by atoms with Crippen molar-refractivity contribution in [3.05, 3.63) is 8.96 Å². The van der Waals surface area contributed by atoms with Gasteiger partial charge in [-0.3, -0.25) is 9.59 Å². The SMILES string of the molecule is CCCCCCCCCCCCCCC[C@@H](O)[C@H](CO)NC(=O)/C(Br)=C(/Br)C=O. The van der Waals surface area contributed by atoms with E-state index in [1.54, 1.807) is 0 Å². The molecule has 7 heteroatoms. The summed E-state index contributed by atoms with van der Waals surface area (Å²) in [5.41, 5.74) is 0. The fraction of sp³-hybridized carbons (Fsp3) is 0.818. The lowest BCUT2D eigenvalue weighted by Crippen LogP contribution is -2.46. The number of nitrogens with one attached hydrogen (secondary N) is 1. The average Bonchev–Trinajstić information content (AvgIpc) is 2.73. The molecule has 3 N–H and O–H groups in total. The van der Waals surface area contributed by atoms with Gasteiger partial charge in [0.05, 0.1) is 27.7 Å². The van der Waals surface area contributed by atoms with Crippen molar-refractivity contribution in [3.63, 3.8) is 0 Å². The summed E-state index contributed by atoms with van der Waals surface area (Å²) in [6, 6.07) is -0.751. The number of halogens is 2. The number of carbonyl (C=O) groups is 2. The molecule has 0 spiro atoms. The van der Waals surface area contributed by atoms with Gasteiger partial charge in [-0.1, -0.05) is 90.4 Å². The molecule has 0 aliphatic carbocycles. The highest BCUT2D eigenvalue weighted by atomic mass is 79.9. The van der Waals surface area contributed by atoms with Gasteiger partial charge in [0.2, 0.25) is 0 Å². The Kier molecular flexibility index (Phi) is 19.5. The molecule has 0 saturated heterocycles. The molecule has 0 unspecified atom stereocenters. The maximum Gasteiger partial charge on any atom is 0.259 e. The fourth-order valence-electron chi connectivity index (χ4n) is 3.23. The second-order valence-corrected chi connectivity index (χ2v) is 9.29. The fourth-order valence-corrected chi connectivity index (χ4v) is 3.62. The summed E-state index contributed by atoms with van der Waals surface area (Å²) in [5, 5.41) is 22.2. The predicted molar refractivity (Wildman–Crippen MR) is 126 cm³/mol. The summed E-state index contributed by atoms with van der Waals surface area (Å²) in [7, 11) is 0. The van der Waals surface area contributed by atoms with Gasteiger partial charge in [-0.05, 0) is 38.3 Å². The Labute approximate surface area is 193 Å². The number of amides is 1. The summed E-state index contributed by atoms with van der Waals surface area (Å²) in [6.07, 6.45) is 16.6. The molecule has 0 aromatic rings. The molecule has 0 heterocycles. The molecule has 2 atom stereocenters. The van der Waals surface area contributed by atoms with Gasteiger partial charge in [-0.2, -0.15) is 0 Å². The molecule has 0 rings (SSSR count). The number of rotatable bonds is 19. The van der Waals surface area contributed by atoms with Crippen molar-refractivity contribution < 1.29 is 19.8 Å². The molecule has 0 bridgehead atoms. The topological polar surface area (TPSA) is 86.6 Å². The van der Waals surface area contributed by atoms with E-state index >= 15 is 0 Å². The van der Waals surface area contributed by atoms with Crippen LogP contribution in [0.3, 0.4) is 0 Å². The van der Waals surface area contributed by atoms with E-state index in [-0.39, 0.29) is 15.6 Å². The molecular formula is C22H39Br2NO4. The third-order valence-electron chi connectivity index (χ3n) is 5.09. The Bertz CT molecular complexity index is 472. The smallest absolute Gasteiger partial charge is 0.259 e. The predicted octanol–water partition coefficient (Wildman–Crippen LogP) is 5.51. The van der Waals surface area contributed by atoms with Crippen LogP contribution in [0.5, 0.6) is 0 Å². The van der Waals surface area contributed by atoms with Crippen LogP contribution in [0.15, 0.2) is 8.96 Å². The monoisotopic (exact) mass is 539 g/mol. The lowest BCUT2D eigenvalue weighted by molar-refractivity contribution is -0.119. The third kappa shape index (κ3) is 15.2. The minimum absolute atomic E-state index is 0.0408. The van der Waals surface area contributed by atoms with Crippen molar-refractivity contribution in [2.75, 3.05) is 6.61 Å². The molecule has 0 saturated carbocycles. The zero-order chi connectivity index (χ0) is 21.9. The number of aldehydes is 1. The van der Waals surface area contributed by atoms with Crippen molar-refractivity contribution >= 4 is 44.1 Å². The summed E-state index contributed by atoms with van der Waals surface area (Å²) in [6.45, 7) is 1.89. The molecular weight excluding hydrogens is 502 g/mol. The molecule has 0 fully saturated rings. The maximum atomic E-state index is 12.0. The van der Waals surface area contributed by atoms with E-state index in [2.05, 4.69) is 44.1 Å². The Hall–Kier alpha value is -0.240. The van der Waals surface area contributed by atoms with E-state index in [1.807, 2.05) is 0 Å². The summed E-state index contributed by atoms with van der Waals surface area (Å²) < 4.78 is 0.122. The van der Waals surface area contributed by atoms with Gasteiger partial charge >= 0.3 is 0 Å². The van der Waals surface area contributed by atoms with Crippen LogP contribution in [0.25, 0.3) is 0 Å². The minimum Gasteiger partial charge on any atom is -0.394 e. The number of aliphatic hydroxyl groups excluding tert-OH is 2. The first kappa shape index (κ1) is 28.8. The van der Waals surface area contributed by atoms with Crippen LogP contribution in [-0.4, -0.2) is 41.2 Å². The van der Waals surface area contributed by atoms with E-state index in [0.29, 0.717) is 12.7 Å². The number of allylic oxidation sites excluding steroid dienone is 1. The largest absolute Gasteiger partial charge is 0.394 e. The van der Waals surface area contributed by atoms with Gasteiger partial charge in [0.1, 0.15) is 0 Å². The van der Waals surface area contributed by atoms with E-state index in [0.717, 1.165) is 19.3 Å². The second kappa shape index (κ2) is 19.7. The van der Waals surface area contributed by atoms with E-state index in [1.165, 1.54) is 64.2 Å². The second-order valence-electron chi connectivity index (χ2n) is 7.64. The standard InChI is InChI=1S/C22H39Br2NO4/c1-2-3-4-5-6-7-8-9-10-11-12-13-14-15-20(28)19(17-27)25-22(29)21(24)18(23)16-26/h16,19-20,27-28H,2-15,17H2,1H3,(H,25,29)/b21-18-/t19-,20+/m0/s1. The zero-order valence-electron chi connectivity index (χ0n) is 17.8. The summed E-state index contributed by atoms with van der Waals surface area (Å²) in [5.74, 6) is -0.549. The highest BCUT2D eigenvalue weighted by Crippen LogP contribution is 2.17. The van der Waals surface area contributed by atoms with Crippen LogP contribution in [0.4, 0.5) is 0 Å². The van der Waals surface area contributed by atoms with Gasteiger partial charge in [0.25, 0.3) is 5.91 Å². The quantitative estimate of drug-likeness (QED) is 0.114. The van der Waals surface area contributed by atoms with Crippen LogP contribution in [0.1, 0.15) is 96.8 Å². The van der Waals surface area contributed by atoms with Gasteiger partial charge in [-0.15, -0.1) is 0 Å². The van der Waals surface area contributed by atoms with Crippen LogP contribution in [0, 0.1) is 0 Å². The molecule has 0 aliphatic rings. The average molecular weight is 541 g/mol. The number of hydrogen-bond acceptors (Lipinski definition) is 4. The number of unbranched alkanes of at least 4 members (excludes halogenated alkanes) is 12. The van der Waals surface area contributed by atoms with Gasteiger partial charge in [-0.25, -0.2) is 0 Å². The Morgan fingerprint density at radius 2 is 1.34 bits per heavy atom. The van der Waals surface area contributed by atoms with Crippen molar-refractivity contribution in [3.8, 4) is 0 Å². The van der Waals surface area contributed by atoms with Crippen LogP contribution in [0.2, 0.25) is 0 Å². The van der Waals surface area contributed by atoms with Crippen molar-refractivity contribution in [2.45, 2.75) is 109 Å². The van der Waals surface area contributed by atoms with Crippen molar-refractivity contribution in [1.82, 2.24) is 5.32 Å². The van der Waals surface area contributed by atoms with E-state index in [4.69, 9.17) is 0 Å². The van der Waals surface area contributed by atoms with E-state index in [9.17, 15) is 19.8 Å². The Balaban J connectivity index is 3.77. The van der Waals surface area contributed by atoms with Crippen molar-refractivity contribution in [1.29, 1.82) is 0 Å². The van der Waals surface area contributed by atoms with Crippen LogP contribution >= 0.6 is 31.9 Å². The van der Waals surface area contributed by atoms with Gasteiger partial charge in [0, 0.05) is 0 Å². The number of hydrogen-bond donors (Lipinski definition) is 3. The first-order valence-corrected chi connectivity index (χ1v) is 12.7. The Morgan fingerprint density at radius 3 is 1.76 bits per heavy atom. The minimum atomic E-state index is -0.813. The lowest BCUT2D eigenvalue weighted by atomic mass is 10.0. The molecule has 5 nitrogen and oxygen atoms in total. The maximum absolute atomic E-state index is 12.0.